The molecule has 1 heterocycles. The van der Waals surface area contributed by atoms with Gasteiger partial charge in [-0.2, -0.15) is 0 Å². The molecule has 1 saturated carbocycles. The van der Waals surface area contributed by atoms with Crippen LogP contribution in [0.2, 0.25) is 0 Å². The van der Waals surface area contributed by atoms with E-state index < -0.39 is 0 Å². The van der Waals surface area contributed by atoms with Crippen molar-refractivity contribution in [3.63, 3.8) is 0 Å². The fourth-order valence-corrected chi connectivity index (χ4v) is 3.14. The molecule has 1 aromatic heterocycles. The molecule has 118 valence electrons. The van der Waals surface area contributed by atoms with Crippen LogP contribution in [0.4, 0.5) is 0 Å². The van der Waals surface area contributed by atoms with Gasteiger partial charge in [0.25, 0.3) is 0 Å². The van der Waals surface area contributed by atoms with E-state index in [0.717, 1.165) is 35.9 Å². The molecule has 0 aromatic carbocycles. The van der Waals surface area contributed by atoms with Crippen LogP contribution < -0.4 is 10.5 Å². The van der Waals surface area contributed by atoms with Gasteiger partial charge in [0.1, 0.15) is 5.75 Å². The molecule has 0 aliphatic heterocycles. The average molecular weight is 290 g/mol. The third-order valence-electron chi connectivity index (χ3n) is 4.66. The first-order chi connectivity index (χ1) is 10.1. The predicted molar refractivity (Wildman–Crippen MR) is 87.6 cm³/mol. The Bertz CT molecular complexity index is 447. The SMILES string of the molecule is CCC(N)Cc1nc(C)ccc1OC1CCCC(CC)C1. The smallest absolute Gasteiger partial charge is 0.141 e. The van der Waals surface area contributed by atoms with Gasteiger partial charge in [0.2, 0.25) is 0 Å². The Hall–Kier alpha value is -1.09. The van der Waals surface area contributed by atoms with Crippen LogP contribution in [-0.2, 0) is 6.42 Å². The second kappa shape index (κ2) is 7.79. The lowest BCUT2D eigenvalue weighted by Gasteiger charge is -2.29. The van der Waals surface area contributed by atoms with E-state index >= 15 is 0 Å². The molecule has 0 spiro atoms. The minimum Gasteiger partial charge on any atom is -0.489 e. The maximum absolute atomic E-state index is 6.30. The zero-order chi connectivity index (χ0) is 15.2. The quantitative estimate of drug-likeness (QED) is 0.861. The van der Waals surface area contributed by atoms with Gasteiger partial charge in [-0.1, -0.05) is 26.7 Å². The molecule has 0 amide bonds. The van der Waals surface area contributed by atoms with Crippen molar-refractivity contribution in [2.75, 3.05) is 0 Å². The first-order valence-corrected chi connectivity index (χ1v) is 8.51. The Kier molecular flexibility index (Phi) is 6.04. The first kappa shape index (κ1) is 16.3. The zero-order valence-corrected chi connectivity index (χ0v) is 13.8. The molecule has 3 heteroatoms. The molecule has 1 aliphatic rings. The molecule has 1 fully saturated rings. The van der Waals surface area contributed by atoms with Gasteiger partial charge in [-0.25, -0.2) is 0 Å². The molecule has 1 aliphatic carbocycles. The standard InChI is InChI=1S/C18H30N2O/c1-4-14-7-6-8-16(11-14)21-18-10-9-13(3)20-17(18)12-15(19)5-2/h9-10,14-16H,4-8,11-12,19H2,1-3H3. The van der Waals surface area contributed by atoms with Gasteiger partial charge in [0, 0.05) is 18.2 Å². The number of nitrogens with zero attached hydrogens (tertiary/aromatic N) is 1. The van der Waals surface area contributed by atoms with Crippen LogP contribution in [0.15, 0.2) is 12.1 Å². The Morgan fingerprint density at radius 2 is 2.14 bits per heavy atom. The number of aromatic nitrogens is 1. The molecule has 3 atom stereocenters. The van der Waals surface area contributed by atoms with Gasteiger partial charge in [-0.15, -0.1) is 0 Å². The van der Waals surface area contributed by atoms with Crippen molar-refractivity contribution in [1.82, 2.24) is 4.98 Å². The summed E-state index contributed by atoms with van der Waals surface area (Å²) in [5, 5.41) is 0. The molecule has 3 unspecified atom stereocenters. The van der Waals surface area contributed by atoms with Gasteiger partial charge in [0.05, 0.1) is 11.8 Å². The molecule has 2 rings (SSSR count). The van der Waals surface area contributed by atoms with E-state index in [1.165, 1.54) is 32.1 Å². The molecule has 0 radical (unpaired) electrons. The van der Waals surface area contributed by atoms with Crippen LogP contribution in [0.5, 0.6) is 5.75 Å². The molecule has 21 heavy (non-hydrogen) atoms. The molecule has 3 nitrogen and oxygen atoms in total. The van der Waals surface area contributed by atoms with Gasteiger partial charge in [-0.3, -0.25) is 4.98 Å². The number of aryl methyl sites for hydroxylation is 1. The normalized spacial score (nSPS) is 23.8. The summed E-state index contributed by atoms with van der Waals surface area (Å²) in [5.41, 5.74) is 8.17. The lowest BCUT2D eigenvalue weighted by atomic mass is 9.85. The number of hydrogen-bond donors (Lipinski definition) is 1. The number of hydrogen-bond acceptors (Lipinski definition) is 3. The van der Waals surface area contributed by atoms with Crippen LogP contribution in [0, 0.1) is 12.8 Å². The van der Waals surface area contributed by atoms with Crippen molar-refractivity contribution in [3.05, 3.63) is 23.5 Å². The van der Waals surface area contributed by atoms with Gasteiger partial charge < -0.3 is 10.5 Å². The summed E-state index contributed by atoms with van der Waals surface area (Å²) in [6, 6.07) is 4.28. The van der Waals surface area contributed by atoms with E-state index in [0.29, 0.717) is 6.10 Å². The summed E-state index contributed by atoms with van der Waals surface area (Å²) < 4.78 is 6.30. The summed E-state index contributed by atoms with van der Waals surface area (Å²) >= 11 is 0. The fourth-order valence-electron chi connectivity index (χ4n) is 3.14. The average Bonchev–Trinajstić information content (AvgIpc) is 2.50. The third-order valence-corrected chi connectivity index (χ3v) is 4.66. The highest BCUT2D eigenvalue weighted by atomic mass is 16.5. The second-order valence-electron chi connectivity index (χ2n) is 6.45. The summed E-state index contributed by atoms with van der Waals surface area (Å²) in [5.74, 6) is 1.77. The summed E-state index contributed by atoms with van der Waals surface area (Å²) in [6.07, 6.45) is 8.38. The lowest BCUT2D eigenvalue weighted by molar-refractivity contribution is 0.120. The van der Waals surface area contributed by atoms with E-state index in [9.17, 15) is 0 Å². The fraction of sp³-hybridized carbons (Fsp3) is 0.722. The van der Waals surface area contributed by atoms with Gasteiger partial charge in [0.15, 0.2) is 0 Å². The largest absolute Gasteiger partial charge is 0.489 e. The Labute approximate surface area is 129 Å². The van der Waals surface area contributed by atoms with E-state index in [-0.39, 0.29) is 6.04 Å². The minimum absolute atomic E-state index is 0.163. The second-order valence-corrected chi connectivity index (χ2v) is 6.45. The molecule has 0 bridgehead atoms. The third kappa shape index (κ3) is 4.70. The van der Waals surface area contributed by atoms with E-state index in [1.54, 1.807) is 0 Å². The van der Waals surface area contributed by atoms with Crippen molar-refractivity contribution in [3.8, 4) is 5.75 Å². The minimum atomic E-state index is 0.163. The van der Waals surface area contributed by atoms with Crippen LogP contribution in [0.3, 0.4) is 0 Å². The van der Waals surface area contributed by atoms with Crippen LogP contribution in [0.1, 0.15) is 63.8 Å². The highest BCUT2D eigenvalue weighted by molar-refractivity contribution is 5.30. The van der Waals surface area contributed by atoms with Gasteiger partial charge >= 0.3 is 0 Å². The van der Waals surface area contributed by atoms with E-state index in [4.69, 9.17) is 10.5 Å². The van der Waals surface area contributed by atoms with E-state index in [2.05, 4.69) is 24.9 Å². The number of pyridine rings is 1. The molecule has 1 aromatic rings. The maximum Gasteiger partial charge on any atom is 0.141 e. The maximum atomic E-state index is 6.30. The van der Waals surface area contributed by atoms with E-state index in [1.807, 2.05) is 13.0 Å². The van der Waals surface area contributed by atoms with Gasteiger partial charge in [-0.05, 0) is 50.7 Å². The van der Waals surface area contributed by atoms with Crippen molar-refractivity contribution >= 4 is 0 Å². The van der Waals surface area contributed by atoms with Crippen molar-refractivity contribution in [2.45, 2.75) is 77.9 Å². The topological polar surface area (TPSA) is 48.1 Å². The highest BCUT2D eigenvalue weighted by Crippen LogP contribution is 2.30. The number of nitrogens with two attached hydrogens (primary N) is 1. The summed E-state index contributed by atoms with van der Waals surface area (Å²) in [6.45, 7) is 6.43. The molecule has 0 saturated heterocycles. The van der Waals surface area contributed by atoms with Crippen LogP contribution in [0.25, 0.3) is 0 Å². The van der Waals surface area contributed by atoms with Crippen molar-refractivity contribution in [2.24, 2.45) is 11.7 Å². The van der Waals surface area contributed by atoms with Crippen LogP contribution >= 0.6 is 0 Å². The number of rotatable bonds is 6. The molecule has 2 N–H and O–H groups in total. The summed E-state index contributed by atoms with van der Waals surface area (Å²) in [4.78, 5) is 4.66. The number of ether oxygens (including phenoxy) is 1. The molecular formula is C18H30N2O. The Balaban J connectivity index is 2.07. The van der Waals surface area contributed by atoms with Crippen molar-refractivity contribution < 1.29 is 4.74 Å². The highest BCUT2D eigenvalue weighted by Gasteiger charge is 2.23. The zero-order valence-electron chi connectivity index (χ0n) is 13.8. The van der Waals surface area contributed by atoms with Crippen LogP contribution in [-0.4, -0.2) is 17.1 Å². The Morgan fingerprint density at radius 1 is 1.33 bits per heavy atom. The lowest BCUT2D eigenvalue weighted by Crippen LogP contribution is -2.27. The van der Waals surface area contributed by atoms with Crippen molar-refractivity contribution in [1.29, 1.82) is 0 Å². The molecular weight excluding hydrogens is 260 g/mol. The monoisotopic (exact) mass is 290 g/mol. The summed E-state index contributed by atoms with van der Waals surface area (Å²) in [7, 11) is 0. The predicted octanol–water partition coefficient (Wildman–Crippen LogP) is 4.02. The Morgan fingerprint density at radius 3 is 2.86 bits per heavy atom. The first-order valence-electron chi connectivity index (χ1n) is 8.51.